The molecule has 0 aliphatic rings. The number of nitrogens with one attached hydrogen (secondary N) is 2. The van der Waals surface area contributed by atoms with Gasteiger partial charge in [0, 0.05) is 25.0 Å². The van der Waals surface area contributed by atoms with Crippen LogP contribution >= 0.6 is 0 Å². The summed E-state index contributed by atoms with van der Waals surface area (Å²) in [6.45, 7) is 0.170. The highest BCUT2D eigenvalue weighted by Gasteiger charge is 2.26. The van der Waals surface area contributed by atoms with Crippen LogP contribution in [-0.4, -0.2) is 39.1 Å². The molecule has 0 spiro atoms. The molecule has 8 heteroatoms. The number of hydrogen-bond donors (Lipinski definition) is 2. The van der Waals surface area contributed by atoms with Crippen molar-refractivity contribution < 1.29 is 27.4 Å². The maximum atomic E-state index is 12.0. The zero-order chi connectivity index (χ0) is 15.7. The van der Waals surface area contributed by atoms with Crippen LogP contribution in [0.4, 0.5) is 29.3 Å². The number of anilines is 2. The molecule has 0 aromatic heterocycles. The van der Waals surface area contributed by atoms with E-state index in [1.54, 1.807) is 18.2 Å². The Balaban J connectivity index is 2.43. The molecule has 0 heterocycles. The molecule has 0 saturated carbocycles. The molecule has 0 aliphatic carbocycles. The molecule has 21 heavy (non-hydrogen) atoms. The van der Waals surface area contributed by atoms with Crippen molar-refractivity contribution in [3.8, 4) is 0 Å². The lowest BCUT2D eigenvalue weighted by atomic mass is 10.2. The summed E-state index contributed by atoms with van der Waals surface area (Å²) in [6, 6.07) is 6.35. The first kappa shape index (κ1) is 17.1. The van der Waals surface area contributed by atoms with Crippen LogP contribution < -0.4 is 10.6 Å². The molecule has 1 aromatic carbocycles. The van der Waals surface area contributed by atoms with Crippen molar-refractivity contribution in [2.75, 3.05) is 37.5 Å². The first-order valence-corrected chi connectivity index (χ1v) is 6.24. The molecule has 0 fully saturated rings. The number of alkyl halides is 3. The standard InChI is InChI=1S/C13H17F3N2O3/c1-20-7-8-21-12(19)18-11-4-2-3-10(9-11)17-6-5-13(14,15)16/h2-4,9,17H,5-8H2,1H3,(H,18,19). The molecule has 0 bridgehead atoms. The van der Waals surface area contributed by atoms with Gasteiger partial charge >= 0.3 is 12.3 Å². The second-order valence-electron chi connectivity index (χ2n) is 4.13. The van der Waals surface area contributed by atoms with Crippen LogP contribution in [0.1, 0.15) is 6.42 Å². The van der Waals surface area contributed by atoms with Crippen molar-refractivity contribution in [2.24, 2.45) is 0 Å². The van der Waals surface area contributed by atoms with Crippen LogP contribution in [0.3, 0.4) is 0 Å². The van der Waals surface area contributed by atoms with Gasteiger partial charge in [0.05, 0.1) is 13.0 Å². The maximum Gasteiger partial charge on any atom is 0.411 e. The Bertz CT molecular complexity index is 453. The van der Waals surface area contributed by atoms with E-state index < -0.39 is 18.7 Å². The average molecular weight is 306 g/mol. The Kier molecular flexibility index (Phi) is 6.80. The zero-order valence-corrected chi connectivity index (χ0v) is 11.5. The van der Waals surface area contributed by atoms with Gasteiger partial charge in [0.2, 0.25) is 0 Å². The third-order valence-electron chi connectivity index (χ3n) is 2.37. The average Bonchev–Trinajstić information content (AvgIpc) is 2.38. The predicted octanol–water partition coefficient (Wildman–Crippen LogP) is 3.25. The normalized spacial score (nSPS) is 11.0. The number of rotatable bonds is 7. The van der Waals surface area contributed by atoms with E-state index in [0.29, 0.717) is 11.4 Å². The van der Waals surface area contributed by atoms with Gasteiger partial charge in [0.25, 0.3) is 0 Å². The van der Waals surface area contributed by atoms with Crippen molar-refractivity contribution in [3.05, 3.63) is 24.3 Å². The fraction of sp³-hybridized carbons (Fsp3) is 0.462. The molecule has 118 valence electrons. The SMILES string of the molecule is COCCOC(=O)Nc1cccc(NCCC(F)(F)F)c1. The number of halogens is 3. The van der Waals surface area contributed by atoms with E-state index in [2.05, 4.69) is 10.6 Å². The van der Waals surface area contributed by atoms with Gasteiger partial charge in [-0.1, -0.05) is 6.07 Å². The number of amides is 1. The van der Waals surface area contributed by atoms with Gasteiger partial charge in [-0.2, -0.15) is 13.2 Å². The van der Waals surface area contributed by atoms with Gasteiger partial charge in [-0.3, -0.25) is 5.32 Å². The molecule has 0 saturated heterocycles. The highest BCUT2D eigenvalue weighted by atomic mass is 19.4. The lowest BCUT2D eigenvalue weighted by molar-refractivity contribution is -0.131. The van der Waals surface area contributed by atoms with Gasteiger partial charge in [0.1, 0.15) is 6.61 Å². The second-order valence-corrected chi connectivity index (χ2v) is 4.13. The molecule has 1 rings (SSSR count). The Morgan fingerprint density at radius 3 is 2.62 bits per heavy atom. The van der Waals surface area contributed by atoms with Gasteiger partial charge in [-0.15, -0.1) is 0 Å². The lowest BCUT2D eigenvalue weighted by Gasteiger charge is -2.11. The largest absolute Gasteiger partial charge is 0.447 e. The zero-order valence-electron chi connectivity index (χ0n) is 11.5. The van der Waals surface area contributed by atoms with Gasteiger partial charge in [0.15, 0.2) is 0 Å². The van der Waals surface area contributed by atoms with Crippen LogP contribution in [0.5, 0.6) is 0 Å². The Morgan fingerprint density at radius 1 is 1.24 bits per heavy atom. The third-order valence-corrected chi connectivity index (χ3v) is 2.37. The number of hydrogen-bond acceptors (Lipinski definition) is 4. The topological polar surface area (TPSA) is 59.6 Å². The highest BCUT2D eigenvalue weighted by Crippen LogP contribution is 2.20. The number of carbonyl (C=O) groups excluding carboxylic acids is 1. The van der Waals surface area contributed by atoms with E-state index >= 15 is 0 Å². The summed E-state index contributed by atoms with van der Waals surface area (Å²) in [6.07, 6.45) is -5.78. The van der Waals surface area contributed by atoms with E-state index in [0.717, 1.165) is 0 Å². The Morgan fingerprint density at radius 2 is 1.95 bits per heavy atom. The predicted molar refractivity (Wildman–Crippen MR) is 72.5 cm³/mol. The molecular formula is C13H17F3N2O3. The summed E-state index contributed by atoms with van der Waals surface area (Å²) in [5.74, 6) is 0. The molecule has 1 amide bonds. The molecule has 0 aliphatic heterocycles. The minimum Gasteiger partial charge on any atom is -0.447 e. The van der Waals surface area contributed by atoms with E-state index in [1.165, 1.54) is 13.2 Å². The van der Waals surface area contributed by atoms with Crippen LogP contribution in [0, 0.1) is 0 Å². The van der Waals surface area contributed by atoms with Gasteiger partial charge < -0.3 is 14.8 Å². The van der Waals surface area contributed by atoms with E-state index in [-0.39, 0.29) is 19.8 Å². The molecule has 0 unspecified atom stereocenters. The number of carbonyl (C=O) groups is 1. The summed E-state index contributed by atoms with van der Waals surface area (Å²) in [5, 5.41) is 5.10. The highest BCUT2D eigenvalue weighted by molar-refractivity contribution is 5.85. The monoisotopic (exact) mass is 306 g/mol. The summed E-state index contributed by atoms with van der Waals surface area (Å²) < 4.78 is 45.6. The van der Waals surface area contributed by atoms with Crippen LogP contribution in [0.15, 0.2) is 24.3 Å². The van der Waals surface area contributed by atoms with E-state index in [1.807, 2.05) is 0 Å². The molecule has 5 nitrogen and oxygen atoms in total. The van der Waals surface area contributed by atoms with Crippen molar-refractivity contribution in [3.63, 3.8) is 0 Å². The Hall–Kier alpha value is -1.96. The summed E-state index contributed by atoms with van der Waals surface area (Å²) in [4.78, 5) is 11.4. The third kappa shape index (κ3) is 8.03. The van der Waals surface area contributed by atoms with Crippen LogP contribution in [0.2, 0.25) is 0 Å². The van der Waals surface area contributed by atoms with Crippen molar-refractivity contribution in [1.82, 2.24) is 0 Å². The number of methoxy groups -OCH3 is 1. The maximum absolute atomic E-state index is 12.0. The van der Waals surface area contributed by atoms with Crippen molar-refractivity contribution in [2.45, 2.75) is 12.6 Å². The quantitative estimate of drug-likeness (QED) is 0.759. The minimum atomic E-state index is -4.20. The fourth-order valence-electron chi connectivity index (χ4n) is 1.43. The van der Waals surface area contributed by atoms with Gasteiger partial charge in [-0.25, -0.2) is 4.79 Å². The van der Waals surface area contributed by atoms with Crippen molar-refractivity contribution >= 4 is 17.5 Å². The smallest absolute Gasteiger partial charge is 0.411 e. The molecule has 0 radical (unpaired) electrons. The molecule has 2 N–H and O–H groups in total. The first-order chi connectivity index (χ1) is 9.90. The fourth-order valence-corrected chi connectivity index (χ4v) is 1.43. The molecule has 1 aromatic rings. The molecule has 0 atom stereocenters. The first-order valence-electron chi connectivity index (χ1n) is 6.24. The van der Waals surface area contributed by atoms with Gasteiger partial charge in [-0.05, 0) is 18.2 Å². The van der Waals surface area contributed by atoms with Crippen LogP contribution in [-0.2, 0) is 9.47 Å². The summed E-state index contributed by atoms with van der Waals surface area (Å²) in [7, 11) is 1.48. The number of benzene rings is 1. The number of ether oxygens (including phenoxy) is 2. The minimum absolute atomic E-state index is 0.117. The summed E-state index contributed by atoms with van der Waals surface area (Å²) >= 11 is 0. The molecular weight excluding hydrogens is 289 g/mol. The van der Waals surface area contributed by atoms with E-state index in [4.69, 9.17) is 9.47 Å². The van der Waals surface area contributed by atoms with E-state index in [9.17, 15) is 18.0 Å². The van der Waals surface area contributed by atoms with Crippen LogP contribution in [0.25, 0.3) is 0 Å². The summed E-state index contributed by atoms with van der Waals surface area (Å²) in [5.41, 5.74) is 0.906. The van der Waals surface area contributed by atoms with Crippen molar-refractivity contribution in [1.29, 1.82) is 0 Å². The lowest BCUT2D eigenvalue weighted by Crippen LogP contribution is -2.17. The Labute approximate surface area is 120 Å². The second kappa shape index (κ2) is 8.35.